The van der Waals surface area contributed by atoms with Crippen LogP contribution in [0.2, 0.25) is 0 Å². The maximum absolute atomic E-state index is 12.1. The van der Waals surface area contributed by atoms with Gasteiger partial charge in [-0.15, -0.1) is 0 Å². The van der Waals surface area contributed by atoms with E-state index in [1.54, 1.807) is 24.3 Å². The van der Waals surface area contributed by atoms with Gasteiger partial charge in [-0.25, -0.2) is 0 Å². The first-order chi connectivity index (χ1) is 9.06. The summed E-state index contributed by atoms with van der Waals surface area (Å²) in [5.41, 5.74) is 2.27. The summed E-state index contributed by atoms with van der Waals surface area (Å²) in [6, 6.07) is 14.5. The van der Waals surface area contributed by atoms with E-state index < -0.39 is 0 Å². The number of Topliss-reactive ketones (excluding diaryl/α,β-unsaturated/α-hetero) is 2. The molecular weight excluding hydrogens is 304 g/mol. The molecule has 0 unspecified atom stereocenters. The maximum Gasteiger partial charge on any atom is 0.167 e. The van der Waals surface area contributed by atoms with E-state index in [-0.39, 0.29) is 11.6 Å². The molecule has 3 heteroatoms. The summed E-state index contributed by atoms with van der Waals surface area (Å²) < 4.78 is 0.954. The van der Waals surface area contributed by atoms with Crippen molar-refractivity contribution in [3.05, 3.63) is 69.7 Å². The van der Waals surface area contributed by atoms with Gasteiger partial charge in [0, 0.05) is 22.0 Å². The zero-order chi connectivity index (χ0) is 13.8. The topological polar surface area (TPSA) is 34.1 Å². The van der Waals surface area contributed by atoms with E-state index in [1.807, 2.05) is 24.3 Å². The van der Waals surface area contributed by atoms with Crippen LogP contribution in [0.5, 0.6) is 0 Å². The van der Waals surface area contributed by atoms with Gasteiger partial charge in [-0.1, -0.05) is 52.3 Å². The number of ketones is 2. The molecule has 0 saturated heterocycles. The van der Waals surface area contributed by atoms with Gasteiger partial charge < -0.3 is 0 Å². The molecule has 0 spiro atoms. The Kier molecular flexibility index (Phi) is 4.27. The molecule has 0 heterocycles. The third-order valence-electron chi connectivity index (χ3n) is 2.89. The zero-order valence-electron chi connectivity index (χ0n) is 10.5. The van der Waals surface area contributed by atoms with Crippen LogP contribution in [0, 0.1) is 0 Å². The molecule has 0 aliphatic heterocycles. The van der Waals surface area contributed by atoms with Crippen molar-refractivity contribution >= 4 is 27.5 Å². The second-order valence-electron chi connectivity index (χ2n) is 4.36. The van der Waals surface area contributed by atoms with Gasteiger partial charge in [0.1, 0.15) is 0 Å². The number of carbonyl (C=O) groups excluding carboxylic acids is 2. The molecule has 0 aliphatic rings. The van der Waals surface area contributed by atoms with Crippen molar-refractivity contribution in [2.24, 2.45) is 0 Å². The molecule has 2 aromatic carbocycles. The van der Waals surface area contributed by atoms with Gasteiger partial charge in [0.05, 0.1) is 0 Å². The normalized spacial score (nSPS) is 10.2. The van der Waals surface area contributed by atoms with Gasteiger partial charge in [0.2, 0.25) is 0 Å². The lowest BCUT2D eigenvalue weighted by atomic mass is 10.0. The molecule has 0 fully saturated rings. The van der Waals surface area contributed by atoms with Crippen LogP contribution in [0.1, 0.15) is 33.2 Å². The van der Waals surface area contributed by atoms with Crippen molar-refractivity contribution in [3.63, 3.8) is 0 Å². The Labute approximate surface area is 120 Å². The summed E-state index contributed by atoms with van der Waals surface area (Å²) in [5, 5.41) is 0. The highest BCUT2D eigenvalue weighted by molar-refractivity contribution is 9.10. The van der Waals surface area contributed by atoms with Crippen LogP contribution in [0.25, 0.3) is 0 Å². The largest absolute Gasteiger partial charge is 0.295 e. The minimum atomic E-state index is 0.0331. The highest BCUT2D eigenvalue weighted by atomic mass is 79.9. The number of benzene rings is 2. The number of hydrogen-bond donors (Lipinski definition) is 0. The Morgan fingerprint density at radius 2 is 1.42 bits per heavy atom. The van der Waals surface area contributed by atoms with Crippen LogP contribution in [0.15, 0.2) is 53.0 Å². The summed E-state index contributed by atoms with van der Waals surface area (Å²) in [6.45, 7) is 1.53. The maximum atomic E-state index is 12.1. The van der Waals surface area contributed by atoms with Gasteiger partial charge in [0.15, 0.2) is 11.6 Å². The van der Waals surface area contributed by atoms with Gasteiger partial charge in [-0.3, -0.25) is 9.59 Å². The molecule has 0 amide bonds. The number of halogens is 1. The van der Waals surface area contributed by atoms with Crippen LogP contribution >= 0.6 is 15.9 Å². The summed E-state index contributed by atoms with van der Waals surface area (Å²) in [6.07, 6.45) is 0.347. The number of hydrogen-bond acceptors (Lipinski definition) is 2. The first-order valence-corrected chi connectivity index (χ1v) is 6.74. The van der Waals surface area contributed by atoms with Gasteiger partial charge in [0.25, 0.3) is 0 Å². The molecule has 2 aromatic rings. The first-order valence-electron chi connectivity index (χ1n) is 5.95. The molecule has 0 aliphatic carbocycles. The van der Waals surface area contributed by atoms with Gasteiger partial charge in [-0.2, -0.15) is 0 Å². The Morgan fingerprint density at radius 3 is 1.95 bits per heavy atom. The van der Waals surface area contributed by atoms with Crippen LogP contribution in [0.4, 0.5) is 0 Å². The van der Waals surface area contributed by atoms with Crippen molar-refractivity contribution in [1.82, 2.24) is 0 Å². The average molecular weight is 317 g/mol. The second kappa shape index (κ2) is 5.93. The Morgan fingerprint density at radius 1 is 0.895 bits per heavy atom. The van der Waals surface area contributed by atoms with E-state index in [0.29, 0.717) is 17.5 Å². The lowest BCUT2D eigenvalue weighted by Crippen LogP contribution is -2.03. The molecule has 0 bridgehead atoms. The van der Waals surface area contributed by atoms with Gasteiger partial charge >= 0.3 is 0 Å². The zero-order valence-corrected chi connectivity index (χ0v) is 12.1. The number of rotatable bonds is 4. The monoisotopic (exact) mass is 316 g/mol. The Hall–Kier alpha value is -1.74. The van der Waals surface area contributed by atoms with Crippen LogP contribution < -0.4 is 0 Å². The summed E-state index contributed by atoms with van der Waals surface area (Å²) >= 11 is 3.34. The summed E-state index contributed by atoms with van der Waals surface area (Å²) in [7, 11) is 0. The van der Waals surface area contributed by atoms with E-state index in [0.717, 1.165) is 10.0 Å². The van der Waals surface area contributed by atoms with Crippen molar-refractivity contribution in [3.8, 4) is 0 Å². The van der Waals surface area contributed by atoms with Crippen molar-refractivity contribution in [2.75, 3.05) is 0 Å². The van der Waals surface area contributed by atoms with Crippen LogP contribution in [-0.2, 0) is 6.42 Å². The molecule has 0 atom stereocenters. The lowest BCUT2D eigenvalue weighted by Gasteiger charge is -2.03. The molecule has 2 rings (SSSR count). The van der Waals surface area contributed by atoms with Crippen molar-refractivity contribution in [1.29, 1.82) is 0 Å². The van der Waals surface area contributed by atoms with E-state index in [4.69, 9.17) is 0 Å². The van der Waals surface area contributed by atoms with E-state index in [1.165, 1.54) is 6.92 Å². The molecule has 19 heavy (non-hydrogen) atoms. The molecule has 2 nitrogen and oxygen atoms in total. The highest BCUT2D eigenvalue weighted by Gasteiger charge is 2.07. The van der Waals surface area contributed by atoms with Crippen molar-refractivity contribution in [2.45, 2.75) is 13.3 Å². The lowest BCUT2D eigenvalue weighted by molar-refractivity contribution is 0.0991. The average Bonchev–Trinajstić information content (AvgIpc) is 2.40. The molecular formula is C16H13BrO2. The van der Waals surface area contributed by atoms with E-state index in [9.17, 15) is 9.59 Å². The van der Waals surface area contributed by atoms with Crippen molar-refractivity contribution < 1.29 is 9.59 Å². The quantitative estimate of drug-likeness (QED) is 0.796. The Balaban J connectivity index is 2.10. The summed E-state index contributed by atoms with van der Waals surface area (Å²) in [5.74, 6) is 0.105. The first kappa shape index (κ1) is 13.7. The van der Waals surface area contributed by atoms with Gasteiger partial charge in [-0.05, 0) is 24.6 Å². The minimum absolute atomic E-state index is 0.0331. The predicted molar refractivity (Wildman–Crippen MR) is 78.6 cm³/mol. The Bertz CT molecular complexity index is 598. The summed E-state index contributed by atoms with van der Waals surface area (Å²) in [4.78, 5) is 23.2. The van der Waals surface area contributed by atoms with Crippen LogP contribution in [-0.4, -0.2) is 11.6 Å². The highest BCUT2D eigenvalue weighted by Crippen LogP contribution is 2.13. The molecule has 0 radical (unpaired) electrons. The molecule has 0 N–H and O–H groups in total. The van der Waals surface area contributed by atoms with E-state index >= 15 is 0 Å². The predicted octanol–water partition coefficient (Wildman–Crippen LogP) is 4.08. The molecule has 0 aromatic heterocycles. The van der Waals surface area contributed by atoms with Crippen LogP contribution in [0.3, 0.4) is 0 Å². The standard InChI is InChI=1S/C16H13BrO2/c1-11(18)13-4-2-12(3-5-13)10-16(19)14-6-8-15(17)9-7-14/h2-9H,10H2,1H3. The fourth-order valence-corrected chi connectivity index (χ4v) is 2.04. The fourth-order valence-electron chi connectivity index (χ4n) is 1.78. The molecule has 0 saturated carbocycles. The third-order valence-corrected chi connectivity index (χ3v) is 3.42. The fraction of sp³-hybridized carbons (Fsp3) is 0.125. The molecule has 96 valence electrons. The second-order valence-corrected chi connectivity index (χ2v) is 5.28. The van der Waals surface area contributed by atoms with E-state index in [2.05, 4.69) is 15.9 Å². The SMILES string of the molecule is CC(=O)c1ccc(CC(=O)c2ccc(Br)cc2)cc1. The number of carbonyl (C=O) groups is 2. The third kappa shape index (κ3) is 3.61. The minimum Gasteiger partial charge on any atom is -0.295 e. The smallest absolute Gasteiger partial charge is 0.167 e.